The van der Waals surface area contributed by atoms with Gasteiger partial charge < -0.3 is 16.0 Å². The molecular formula is C17H15ClN4OS. The van der Waals surface area contributed by atoms with Crippen molar-refractivity contribution in [2.75, 3.05) is 11.1 Å². The maximum atomic E-state index is 12.7. The van der Waals surface area contributed by atoms with E-state index < -0.39 is 0 Å². The number of hydrogen-bond donors (Lipinski definition) is 3. The smallest absolute Gasteiger partial charge is 0.200 e. The standard InChI is InChI=1S/C17H15ClN4OS/c18-9-5-2-1-4-8(9)12-13-10(6-3-7-11(13)23)20-16-14(12)15(19)21-17(24)22-16/h1-2,4-5,12H,3,6-7H2,(H4,19,20,21,22,24). The third kappa shape index (κ3) is 2.34. The number of carbonyl (C=O) groups excluding carboxylic acids is 1. The number of aromatic amines is 1. The number of anilines is 2. The number of aromatic nitrogens is 2. The summed E-state index contributed by atoms with van der Waals surface area (Å²) in [6.07, 6.45) is 2.16. The predicted octanol–water partition coefficient (Wildman–Crippen LogP) is 3.94. The highest BCUT2D eigenvalue weighted by Crippen LogP contribution is 2.47. The lowest BCUT2D eigenvalue weighted by Crippen LogP contribution is -2.28. The van der Waals surface area contributed by atoms with E-state index in [9.17, 15) is 4.79 Å². The van der Waals surface area contributed by atoms with E-state index in [4.69, 9.17) is 29.6 Å². The van der Waals surface area contributed by atoms with Crippen LogP contribution in [0.2, 0.25) is 5.02 Å². The zero-order valence-corrected chi connectivity index (χ0v) is 14.3. The minimum atomic E-state index is -0.336. The van der Waals surface area contributed by atoms with Gasteiger partial charge in [-0.25, -0.2) is 4.98 Å². The van der Waals surface area contributed by atoms with E-state index in [0.29, 0.717) is 27.9 Å². The normalized spacial score (nSPS) is 19.5. The van der Waals surface area contributed by atoms with Gasteiger partial charge in [-0.15, -0.1) is 0 Å². The fourth-order valence-electron chi connectivity index (χ4n) is 3.52. The third-order valence-electron chi connectivity index (χ3n) is 4.52. The molecule has 1 aromatic heterocycles. The highest BCUT2D eigenvalue weighted by molar-refractivity contribution is 7.71. The van der Waals surface area contributed by atoms with Gasteiger partial charge in [0.2, 0.25) is 0 Å². The Morgan fingerprint density at radius 3 is 2.88 bits per heavy atom. The first-order valence-corrected chi connectivity index (χ1v) is 8.52. The zero-order chi connectivity index (χ0) is 16.8. The van der Waals surface area contributed by atoms with Crippen molar-refractivity contribution in [3.05, 3.63) is 56.5 Å². The molecule has 0 amide bonds. The maximum absolute atomic E-state index is 12.7. The molecule has 1 aromatic carbocycles. The minimum absolute atomic E-state index is 0.126. The summed E-state index contributed by atoms with van der Waals surface area (Å²) in [7, 11) is 0. The number of H-pyrrole nitrogens is 1. The number of rotatable bonds is 1. The van der Waals surface area contributed by atoms with Crippen LogP contribution >= 0.6 is 23.8 Å². The first kappa shape index (κ1) is 15.4. The second-order valence-electron chi connectivity index (χ2n) is 5.97. The van der Waals surface area contributed by atoms with Gasteiger partial charge in [-0.1, -0.05) is 29.8 Å². The van der Waals surface area contributed by atoms with Gasteiger partial charge in [0.1, 0.15) is 11.6 Å². The summed E-state index contributed by atoms with van der Waals surface area (Å²) in [5.74, 6) is 0.806. The van der Waals surface area contributed by atoms with E-state index in [0.717, 1.165) is 35.2 Å². The average molecular weight is 359 g/mol. The van der Waals surface area contributed by atoms with Gasteiger partial charge in [-0.2, -0.15) is 0 Å². The van der Waals surface area contributed by atoms with Crippen LogP contribution in [-0.2, 0) is 4.79 Å². The predicted molar refractivity (Wildman–Crippen MR) is 96.6 cm³/mol. The number of nitrogens with zero attached hydrogens (tertiary/aromatic N) is 1. The van der Waals surface area contributed by atoms with Gasteiger partial charge in [0.05, 0.1) is 0 Å². The number of halogens is 1. The number of carbonyl (C=O) groups is 1. The second kappa shape index (κ2) is 5.72. The van der Waals surface area contributed by atoms with Crippen LogP contribution in [-0.4, -0.2) is 15.8 Å². The molecule has 2 aliphatic rings. The van der Waals surface area contributed by atoms with Crippen molar-refractivity contribution in [3.63, 3.8) is 0 Å². The second-order valence-corrected chi connectivity index (χ2v) is 6.76. The minimum Gasteiger partial charge on any atom is -0.385 e. The molecule has 4 rings (SSSR count). The Bertz CT molecular complexity index is 950. The van der Waals surface area contributed by atoms with E-state index in [1.54, 1.807) is 0 Å². The molecule has 4 N–H and O–H groups in total. The van der Waals surface area contributed by atoms with Crippen molar-refractivity contribution in [2.45, 2.75) is 25.2 Å². The molecule has 24 heavy (non-hydrogen) atoms. The molecular weight excluding hydrogens is 344 g/mol. The number of nitrogens with two attached hydrogens (primary N) is 1. The Morgan fingerprint density at radius 2 is 2.08 bits per heavy atom. The molecule has 0 saturated carbocycles. The number of nitrogens with one attached hydrogen (secondary N) is 2. The van der Waals surface area contributed by atoms with Crippen molar-refractivity contribution >= 4 is 41.2 Å². The van der Waals surface area contributed by atoms with Crippen molar-refractivity contribution in [3.8, 4) is 0 Å². The fourth-order valence-corrected chi connectivity index (χ4v) is 3.97. The van der Waals surface area contributed by atoms with E-state index in [2.05, 4.69) is 15.3 Å². The number of ketones is 1. The monoisotopic (exact) mass is 358 g/mol. The molecule has 1 aliphatic carbocycles. The summed E-state index contributed by atoms with van der Waals surface area (Å²) in [6, 6.07) is 7.52. The number of Topliss-reactive ketones (excluding diaryl/α,β-unsaturated/α-hetero) is 1. The molecule has 0 fully saturated rings. The van der Waals surface area contributed by atoms with Gasteiger partial charge in [0, 0.05) is 34.2 Å². The molecule has 2 aromatic rings. The summed E-state index contributed by atoms with van der Waals surface area (Å²) >= 11 is 11.6. The first-order valence-electron chi connectivity index (χ1n) is 7.73. The molecule has 1 atom stereocenters. The van der Waals surface area contributed by atoms with Crippen LogP contribution in [0.3, 0.4) is 0 Å². The quantitative estimate of drug-likeness (QED) is 0.672. The molecule has 1 unspecified atom stereocenters. The molecule has 0 spiro atoms. The van der Waals surface area contributed by atoms with E-state index in [-0.39, 0.29) is 11.7 Å². The molecule has 0 bridgehead atoms. The van der Waals surface area contributed by atoms with Crippen LogP contribution in [0.5, 0.6) is 0 Å². The van der Waals surface area contributed by atoms with Crippen molar-refractivity contribution in [1.82, 2.24) is 9.97 Å². The van der Waals surface area contributed by atoms with Gasteiger partial charge in [-0.3, -0.25) is 4.79 Å². The molecule has 0 saturated heterocycles. The molecule has 5 nitrogen and oxygen atoms in total. The molecule has 2 heterocycles. The summed E-state index contributed by atoms with van der Waals surface area (Å²) in [6.45, 7) is 0. The lowest BCUT2D eigenvalue weighted by Gasteiger charge is -2.34. The van der Waals surface area contributed by atoms with Gasteiger partial charge >= 0.3 is 0 Å². The molecule has 1 aliphatic heterocycles. The van der Waals surface area contributed by atoms with E-state index in [1.807, 2.05) is 24.3 Å². The van der Waals surface area contributed by atoms with Crippen LogP contribution < -0.4 is 11.1 Å². The Morgan fingerprint density at radius 1 is 1.29 bits per heavy atom. The average Bonchev–Trinajstić information content (AvgIpc) is 2.53. The SMILES string of the molecule is Nc1[nH]c(=S)nc2c1C(c1ccccc1Cl)C1=C(CCCC1=O)N2. The lowest BCUT2D eigenvalue weighted by atomic mass is 9.76. The van der Waals surface area contributed by atoms with Gasteiger partial charge in [0.25, 0.3) is 0 Å². The summed E-state index contributed by atoms with van der Waals surface area (Å²) in [5, 5.41) is 3.87. The van der Waals surface area contributed by atoms with Crippen molar-refractivity contribution < 1.29 is 4.79 Å². The Labute approximate surface area is 148 Å². The number of benzene rings is 1. The first-order chi connectivity index (χ1) is 11.6. The summed E-state index contributed by atoms with van der Waals surface area (Å²) in [4.78, 5) is 19.9. The number of fused-ring (bicyclic) bond motifs is 1. The van der Waals surface area contributed by atoms with Gasteiger partial charge in [-0.05, 0) is 36.7 Å². The van der Waals surface area contributed by atoms with E-state index >= 15 is 0 Å². The van der Waals surface area contributed by atoms with Crippen LogP contribution in [0.1, 0.15) is 36.3 Å². The van der Waals surface area contributed by atoms with E-state index in [1.165, 1.54) is 0 Å². The summed E-state index contributed by atoms with van der Waals surface area (Å²) in [5.41, 5.74) is 9.42. The third-order valence-corrected chi connectivity index (χ3v) is 5.06. The van der Waals surface area contributed by atoms with Crippen molar-refractivity contribution in [1.29, 1.82) is 0 Å². The highest BCUT2D eigenvalue weighted by Gasteiger charge is 2.38. The molecule has 122 valence electrons. The maximum Gasteiger partial charge on any atom is 0.200 e. The largest absolute Gasteiger partial charge is 0.385 e. The van der Waals surface area contributed by atoms with Crippen molar-refractivity contribution in [2.24, 2.45) is 0 Å². The molecule has 7 heteroatoms. The Kier molecular flexibility index (Phi) is 3.66. The molecule has 0 radical (unpaired) electrons. The van der Waals surface area contributed by atoms with Gasteiger partial charge in [0.15, 0.2) is 10.6 Å². The van der Waals surface area contributed by atoms with Crippen LogP contribution in [0.15, 0.2) is 35.5 Å². The van der Waals surface area contributed by atoms with Crippen LogP contribution in [0, 0.1) is 4.77 Å². The number of hydrogen-bond acceptors (Lipinski definition) is 5. The van der Waals surface area contributed by atoms with Crippen LogP contribution in [0.25, 0.3) is 0 Å². The fraction of sp³-hybridized carbons (Fsp3) is 0.235. The number of nitrogen functional groups attached to an aromatic ring is 1. The van der Waals surface area contributed by atoms with Crippen LogP contribution in [0.4, 0.5) is 11.6 Å². The Hall–Kier alpha value is -2.18. The number of allylic oxidation sites excluding steroid dienone is 2. The lowest BCUT2D eigenvalue weighted by molar-refractivity contribution is -0.116. The highest BCUT2D eigenvalue weighted by atomic mass is 35.5. The zero-order valence-electron chi connectivity index (χ0n) is 12.7. The summed E-state index contributed by atoms with van der Waals surface area (Å²) < 4.78 is 0.308. The Balaban J connectivity index is 2.04. The topological polar surface area (TPSA) is 83.8 Å².